The molecule has 0 aliphatic heterocycles. The van der Waals surface area contributed by atoms with Crippen molar-refractivity contribution in [1.29, 1.82) is 0 Å². The van der Waals surface area contributed by atoms with Crippen molar-refractivity contribution in [2.75, 3.05) is 11.9 Å². The standard InChI is InChI=1S/C13H15F3N2O3/c1-8(2)21-10-6-4-3-5-9(10)18-11(19)7-17-12(20)13(14,15)16/h3-6,8H,7H2,1-2H3,(H,17,20)(H,18,19). The lowest BCUT2D eigenvalue weighted by Crippen LogP contribution is -2.41. The molecule has 0 bridgehead atoms. The monoisotopic (exact) mass is 304 g/mol. The SMILES string of the molecule is CC(C)Oc1ccccc1NC(=O)CNC(=O)C(F)(F)F. The maximum Gasteiger partial charge on any atom is 0.471 e. The van der Waals surface area contributed by atoms with Crippen molar-refractivity contribution in [2.24, 2.45) is 0 Å². The highest BCUT2D eigenvalue weighted by Crippen LogP contribution is 2.24. The number of anilines is 1. The van der Waals surface area contributed by atoms with E-state index in [9.17, 15) is 22.8 Å². The van der Waals surface area contributed by atoms with Crippen LogP contribution in [0.3, 0.4) is 0 Å². The van der Waals surface area contributed by atoms with Gasteiger partial charge in [0.2, 0.25) is 5.91 Å². The Morgan fingerprint density at radius 1 is 1.24 bits per heavy atom. The molecule has 0 heterocycles. The molecule has 1 aromatic rings. The summed E-state index contributed by atoms with van der Waals surface area (Å²) in [6.07, 6.45) is -5.15. The maximum absolute atomic E-state index is 12.0. The van der Waals surface area contributed by atoms with Crippen LogP contribution in [-0.2, 0) is 9.59 Å². The molecule has 1 aromatic carbocycles. The fraction of sp³-hybridized carbons (Fsp3) is 0.385. The van der Waals surface area contributed by atoms with Crippen LogP contribution in [0.25, 0.3) is 0 Å². The molecule has 2 amide bonds. The van der Waals surface area contributed by atoms with Gasteiger partial charge >= 0.3 is 12.1 Å². The van der Waals surface area contributed by atoms with Crippen molar-refractivity contribution in [3.8, 4) is 5.75 Å². The van der Waals surface area contributed by atoms with Gasteiger partial charge in [-0.05, 0) is 26.0 Å². The average Bonchev–Trinajstić information content (AvgIpc) is 2.36. The number of halogens is 3. The minimum atomic E-state index is -5.01. The second-order valence-electron chi connectivity index (χ2n) is 4.39. The van der Waals surface area contributed by atoms with E-state index < -0.39 is 24.5 Å². The number of benzene rings is 1. The van der Waals surface area contributed by atoms with E-state index in [4.69, 9.17) is 4.74 Å². The highest BCUT2D eigenvalue weighted by Gasteiger charge is 2.38. The molecule has 1 rings (SSSR count). The van der Waals surface area contributed by atoms with E-state index in [-0.39, 0.29) is 6.10 Å². The summed E-state index contributed by atoms with van der Waals surface area (Å²) < 4.78 is 41.4. The third kappa shape index (κ3) is 5.72. The molecule has 21 heavy (non-hydrogen) atoms. The molecule has 0 fully saturated rings. The van der Waals surface area contributed by atoms with Crippen LogP contribution in [0, 0.1) is 0 Å². The molecule has 116 valence electrons. The van der Waals surface area contributed by atoms with Gasteiger partial charge in [0.05, 0.1) is 18.3 Å². The molecule has 0 atom stereocenters. The zero-order valence-corrected chi connectivity index (χ0v) is 11.5. The van der Waals surface area contributed by atoms with E-state index in [0.717, 1.165) is 0 Å². The third-order valence-electron chi connectivity index (χ3n) is 2.19. The first-order valence-corrected chi connectivity index (χ1v) is 6.10. The van der Waals surface area contributed by atoms with E-state index in [0.29, 0.717) is 11.4 Å². The Morgan fingerprint density at radius 2 is 1.86 bits per heavy atom. The van der Waals surface area contributed by atoms with Crippen LogP contribution in [0.15, 0.2) is 24.3 Å². The van der Waals surface area contributed by atoms with Crippen LogP contribution < -0.4 is 15.4 Å². The molecular formula is C13H15F3N2O3. The Hall–Kier alpha value is -2.25. The summed E-state index contributed by atoms with van der Waals surface area (Å²) in [5.74, 6) is -2.56. The second kappa shape index (κ2) is 6.96. The van der Waals surface area contributed by atoms with Crippen molar-refractivity contribution < 1.29 is 27.5 Å². The van der Waals surface area contributed by atoms with Crippen LogP contribution in [-0.4, -0.2) is 30.6 Å². The zero-order valence-electron chi connectivity index (χ0n) is 11.5. The topological polar surface area (TPSA) is 67.4 Å². The van der Waals surface area contributed by atoms with Crippen molar-refractivity contribution in [2.45, 2.75) is 26.1 Å². The summed E-state index contributed by atoms with van der Waals surface area (Å²) in [5, 5.41) is 3.86. The predicted octanol–water partition coefficient (Wildman–Crippen LogP) is 2.09. The summed E-state index contributed by atoms with van der Waals surface area (Å²) >= 11 is 0. The molecule has 0 saturated carbocycles. The molecular weight excluding hydrogens is 289 g/mol. The van der Waals surface area contributed by atoms with Crippen molar-refractivity contribution in [1.82, 2.24) is 5.32 Å². The largest absolute Gasteiger partial charge is 0.489 e. The van der Waals surface area contributed by atoms with E-state index in [1.54, 1.807) is 38.1 Å². The lowest BCUT2D eigenvalue weighted by molar-refractivity contribution is -0.173. The number of alkyl halides is 3. The quantitative estimate of drug-likeness (QED) is 0.875. The summed E-state index contributed by atoms with van der Waals surface area (Å²) in [5.41, 5.74) is 0.317. The van der Waals surface area contributed by atoms with Gasteiger partial charge in [0.25, 0.3) is 0 Å². The summed E-state index contributed by atoms with van der Waals surface area (Å²) in [6.45, 7) is 2.80. The Kier molecular flexibility index (Phi) is 5.57. The highest BCUT2D eigenvalue weighted by atomic mass is 19.4. The molecule has 0 radical (unpaired) electrons. The number of carbonyl (C=O) groups is 2. The van der Waals surface area contributed by atoms with E-state index >= 15 is 0 Å². The highest BCUT2D eigenvalue weighted by molar-refractivity contribution is 5.96. The number of amides is 2. The molecule has 0 aliphatic rings. The van der Waals surface area contributed by atoms with Crippen LogP contribution in [0.4, 0.5) is 18.9 Å². The van der Waals surface area contributed by atoms with Gasteiger partial charge in [-0.25, -0.2) is 0 Å². The number of rotatable bonds is 5. The lowest BCUT2D eigenvalue weighted by Gasteiger charge is -2.15. The Bertz CT molecular complexity index is 516. The number of carbonyl (C=O) groups excluding carboxylic acids is 2. The number of ether oxygens (including phenoxy) is 1. The molecule has 0 aromatic heterocycles. The summed E-state index contributed by atoms with van der Waals surface area (Å²) in [4.78, 5) is 22.1. The molecule has 5 nitrogen and oxygen atoms in total. The molecule has 8 heteroatoms. The minimum Gasteiger partial charge on any atom is -0.489 e. The van der Waals surface area contributed by atoms with Gasteiger partial charge in [-0.15, -0.1) is 0 Å². The zero-order chi connectivity index (χ0) is 16.0. The Morgan fingerprint density at radius 3 is 2.43 bits per heavy atom. The second-order valence-corrected chi connectivity index (χ2v) is 4.39. The predicted molar refractivity (Wildman–Crippen MR) is 69.9 cm³/mol. The van der Waals surface area contributed by atoms with E-state index in [1.165, 1.54) is 5.32 Å². The van der Waals surface area contributed by atoms with Gasteiger partial charge in [-0.3, -0.25) is 9.59 Å². The van der Waals surface area contributed by atoms with Gasteiger partial charge < -0.3 is 15.4 Å². The van der Waals surface area contributed by atoms with Crippen LogP contribution in [0.1, 0.15) is 13.8 Å². The summed E-state index contributed by atoms with van der Waals surface area (Å²) in [7, 11) is 0. The molecule has 0 saturated heterocycles. The van der Waals surface area contributed by atoms with Gasteiger partial charge in [0.15, 0.2) is 0 Å². The van der Waals surface area contributed by atoms with Gasteiger partial charge in [0, 0.05) is 0 Å². The first-order chi connectivity index (χ1) is 9.70. The van der Waals surface area contributed by atoms with Gasteiger partial charge in [-0.2, -0.15) is 13.2 Å². The van der Waals surface area contributed by atoms with Crippen LogP contribution in [0.2, 0.25) is 0 Å². The van der Waals surface area contributed by atoms with Gasteiger partial charge in [0.1, 0.15) is 5.75 Å². The Labute approximate surface area is 119 Å². The lowest BCUT2D eigenvalue weighted by atomic mass is 10.3. The van der Waals surface area contributed by atoms with Gasteiger partial charge in [-0.1, -0.05) is 12.1 Å². The average molecular weight is 304 g/mol. The van der Waals surface area contributed by atoms with E-state index in [1.807, 2.05) is 0 Å². The number of hydrogen-bond donors (Lipinski definition) is 2. The van der Waals surface area contributed by atoms with E-state index in [2.05, 4.69) is 5.32 Å². The van der Waals surface area contributed by atoms with Crippen LogP contribution >= 0.6 is 0 Å². The molecule has 0 aliphatic carbocycles. The summed E-state index contributed by atoms with van der Waals surface area (Å²) in [6, 6.07) is 6.49. The first kappa shape index (κ1) is 16.8. The van der Waals surface area contributed by atoms with Crippen LogP contribution in [0.5, 0.6) is 5.75 Å². The molecule has 0 unspecified atom stereocenters. The third-order valence-corrected chi connectivity index (χ3v) is 2.19. The normalized spacial score (nSPS) is 11.1. The fourth-order valence-electron chi connectivity index (χ4n) is 1.38. The van der Waals surface area contributed by atoms with Crippen molar-refractivity contribution in [3.63, 3.8) is 0 Å². The van der Waals surface area contributed by atoms with Crippen molar-refractivity contribution in [3.05, 3.63) is 24.3 Å². The smallest absolute Gasteiger partial charge is 0.471 e. The maximum atomic E-state index is 12.0. The Balaban J connectivity index is 2.61. The minimum absolute atomic E-state index is 0.131. The number of hydrogen-bond acceptors (Lipinski definition) is 3. The number of nitrogens with one attached hydrogen (secondary N) is 2. The number of para-hydroxylation sites is 2. The fourth-order valence-corrected chi connectivity index (χ4v) is 1.38. The van der Waals surface area contributed by atoms with Crippen molar-refractivity contribution >= 4 is 17.5 Å². The molecule has 0 spiro atoms. The first-order valence-electron chi connectivity index (χ1n) is 6.10. The molecule has 2 N–H and O–H groups in total.